The van der Waals surface area contributed by atoms with Crippen molar-refractivity contribution in [2.75, 3.05) is 19.7 Å². The van der Waals surface area contributed by atoms with Gasteiger partial charge in [-0.1, -0.05) is 26.0 Å². The maximum atomic E-state index is 13.4. The third-order valence-electron chi connectivity index (χ3n) is 8.69. The zero-order valence-electron chi connectivity index (χ0n) is 27.5. The number of nitrogens with zero attached hydrogens (tertiary/aromatic N) is 2. The molecule has 270 valence electrons. The van der Waals surface area contributed by atoms with Crippen LogP contribution in [-0.2, 0) is 40.0 Å². The van der Waals surface area contributed by atoms with Crippen LogP contribution in [0.1, 0.15) is 57.9 Å². The molecule has 0 bridgehead atoms. The number of phenolic OH excluding ortho intramolecular Hbond substituents is 1. The fourth-order valence-electron chi connectivity index (χ4n) is 6.01. The Morgan fingerprint density at radius 3 is 1.96 bits per heavy atom. The first-order valence-electron chi connectivity index (χ1n) is 16.3. The molecule has 2 aliphatic rings. The summed E-state index contributed by atoms with van der Waals surface area (Å²) in [6, 6.07) is -1.04. The van der Waals surface area contributed by atoms with Gasteiger partial charge in [-0.2, -0.15) is 0 Å². The van der Waals surface area contributed by atoms with E-state index in [1.54, 1.807) is 26.0 Å². The number of amides is 5. The smallest absolute Gasteiger partial charge is 0.326 e. The number of likely N-dealkylation sites (tertiary alicyclic amines) is 2. The Morgan fingerprint density at radius 1 is 0.837 bits per heavy atom. The Bertz CT molecular complexity index is 1390. The number of nitrogens with two attached hydrogens (primary N) is 1. The second kappa shape index (κ2) is 17.6. The van der Waals surface area contributed by atoms with Crippen LogP contribution in [0, 0.1) is 5.92 Å². The lowest BCUT2D eigenvalue weighted by Gasteiger charge is -2.30. The molecule has 17 heteroatoms. The molecule has 0 spiro atoms. The van der Waals surface area contributed by atoms with Gasteiger partial charge in [-0.15, -0.1) is 0 Å². The molecule has 3 rings (SSSR count). The summed E-state index contributed by atoms with van der Waals surface area (Å²) in [6.45, 7) is 2.73. The maximum Gasteiger partial charge on any atom is 0.326 e. The number of hydrogen-bond acceptors (Lipinski definition) is 10. The third-order valence-corrected chi connectivity index (χ3v) is 8.69. The van der Waals surface area contributed by atoms with Gasteiger partial charge in [-0.3, -0.25) is 28.8 Å². The maximum absolute atomic E-state index is 13.4. The Labute approximate surface area is 283 Å². The second-order valence-corrected chi connectivity index (χ2v) is 12.7. The van der Waals surface area contributed by atoms with E-state index in [-0.39, 0.29) is 38.1 Å². The molecule has 0 radical (unpaired) electrons. The highest BCUT2D eigenvalue weighted by atomic mass is 16.4. The molecule has 5 amide bonds. The average molecular weight is 691 g/mol. The predicted octanol–water partition coefficient (Wildman–Crippen LogP) is -1.70. The van der Waals surface area contributed by atoms with Crippen LogP contribution in [0.25, 0.3) is 0 Å². The van der Waals surface area contributed by atoms with Crippen molar-refractivity contribution in [1.29, 1.82) is 0 Å². The molecular weight excluding hydrogens is 644 g/mol. The van der Waals surface area contributed by atoms with Crippen molar-refractivity contribution in [3.05, 3.63) is 29.8 Å². The van der Waals surface area contributed by atoms with Crippen LogP contribution in [0.5, 0.6) is 5.75 Å². The molecular formula is C32H46N6O11. The number of nitrogens with one attached hydrogen (secondary N) is 3. The number of aromatic hydroxyl groups is 1. The number of rotatable bonds is 16. The van der Waals surface area contributed by atoms with E-state index in [2.05, 4.69) is 16.0 Å². The number of carbonyl (C=O) groups is 7. The zero-order valence-corrected chi connectivity index (χ0v) is 27.5. The lowest BCUT2D eigenvalue weighted by atomic mass is 10.0. The van der Waals surface area contributed by atoms with Crippen molar-refractivity contribution < 1.29 is 54.0 Å². The van der Waals surface area contributed by atoms with E-state index >= 15 is 0 Å². The highest BCUT2D eigenvalue weighted by Gasteiger charge is 2.40. The monoisotopic (exact) mass is 690 g/mol. The van der Waals surface area contributed by atoms with Crippen LogP contribution >= 0.6 is 0 Å². The van der Waals surface area contributed by atoms with Crippen LogP contribution in [0.15, 0.2) is 24.3 Å². The molecule has 0 aromatic heterocycles. The van der Waals surface area contributed by atoms with Crippen LogP contribution < -0.4 is 21.7 Å². The fraction of sp³-hybridized carbons (Fsp3) is 0.594. The highest BCUT2D eigenvalue weighted by Crippen LogP contribution is 2.21. The van der Waals surface area contributed by atoms with Gasteiger partial charge in [0, 0.05) is 19.5 Å². The normalized spacial score (nSPS) is 19.9. The van der Waals surface area contributed by atoms with Crippen LogP contribution in [0.2, 0.25) is 0 Å². The van der Waals surface area contributed by atoms with Crippen molar-refractivity contribution in [3.63, 3.8) is 0 Å². The summed E-state index contributed by atoms with van der Waals surface area (Å²) < 4.78 is 0. The number of carboxylic acid groups (broad SMARTS) is 2. The number of aliphatic carboxylic acids is 2. The van der Waals surface area contributed by atoms with Crippen LogP contribution in [0.3, 0.4) is 0 Å². The lowest BCUT2D eigenvalue weighted by molar-refractivity contribution is -0.150. The van der Waals surface area contributed by atoms with Gasteiger partial charge in [-0.25, -0.2) is 4.79 Å². The van der Waals surface area contributed by atoms with Crippen molar-refractivity contribution >= 4 is 41.5 Å². The SMILES string of the molecule is CC(C)[C@H](NC(=O)[C@@H]1CCCN1C(=O)[C@@H](N)Cc1ccc(O)cc1)C(=O)N[C@@H](CO)C(=O)N[C@@H](CCC(=O)O)C(=O)N1CCC[C@H]1C(=O)O. The molecule has 1 aromatic rings. The van der Waals surface area contributed by atoms with E-state index in [4.69, 9.17) is 10.8 Å². The lowest BCUT2D eigenvalue weighted by Crippen LogP contribution is -2.60. The Morgan fingerprint density at radius 2 is 1.41 bits per heavy atom. The number of benzene rings is 1. The van der Waals surface area contributed by atoms with E-state index in [9.17, 15) is 48.9 Å². The summed E-state index contributed by atoms with van der Waals surface area (Å²) in [5, 5.41) is 45.5. The summed E-state index contributed by atoms with van der Waals surface area (Å²) >= 11 is 0. The topological polar surface area (TPSA) is 269 Å². The van der Waals surface area contributed by atoms with Gasteiger partial charge in [0.2, 0.25) is 29.5 Å². The standard InChI is InChI=1S/C32H46N6O11/c1-17(2)26(36-28(44)23-5-3-13-37(23)30(46)20(33)15-18-7-9-19(40)10-8-18)29(45)35-22(16-39)27(43)34-21(11-12-25(41)42)31(47)38-14-4-6-24(38)32(48)49/h7-10,17,20-24,26,39-40H,3-6,11-16,33H2,1-2H3,(H,34,43)(H,35,45)(H,36,44)(H,41,42)(H,48,49)/t20-,21-,22-,23-,24-,26-/m0/s1. The number of aliphatic hydroxyl groups is 1. The largest absolute Gasteiger partial charge is 0.508 e. The van der Waals surface area contributed by atoms with Crippen LogP contribution in [-0.4, -0.2) is 128 Å². The summed E-state index contributed by atoms with van der Waals surface area (Å²) in [5.74, 6) is -6.66. The fourth-order valence-corrected chi connectivity index (χ4v) is 6.01. The van der Waals surface area contributed by atoms with Crippen molar-refractivity contribution in [2.45, 2.75) is 95.0 Å². The van der Waals surface area contributed by atoms with Gasteiger partial charge in [0.15, 0.2) is 0 Å². The van der Waals surface area contributed by atoms with E-state index < -0.39 is 96.7 Å². The van der Waals surface area contributed by atoms with Gasteiger partial charge >= 0.3 is 11.9 Å². The quantitative estimate of drug-likeness (QED) is 0.0964. The molecule has 0 unspecified atom stereocenters. The summed E-state index contributed by atoms with van der Waals surface area (Å²) in [6.07, 6.45) is 0.719. The molecule has 9 N–H and O–H groups in total. The zero-order chi connectivity index (χ0) is 36.4. The number of carboxylic acids is 2. The van der Waals surface area contributed by atoms with Gasteiger partial charge in [0.1, 0.15) is 36.0 Å². The molecule has 2 saturated heterocycles. The van der Waals surface area contributed by atoms with Crippen molar-refractivity contribution in [1.82, 2.24) is 25.8 Å². The van der Waals surface area contributed by atoms with Gasteiger partial charge < -0.3 is 51.9 Å². The Kier molecular flexibility index (Phi) is 13.9. The first-order valence-corrected chi connectivity index (χ1v) is 16.3. The van der Waals surface area contributed by atoms with E-state index in [1.165, 1.54) is 17.0 Å². The molecule has 1 aromatic carbocycles. The number of hydrogen-bond donors (Lipinski definition) is 8. The minimum absolute atomic E-state index is 0.0674. The highest BCUT2D eigenvalue weighted by molar-refractivity contribution is 5.97. The van der Waals surface area contributed by atoms with Crippen LogP contribution in [0.4, 0.5) is 0 Å². The van der Waals surface area contributed by atoms with Gasteiger partial charge in [-0.05, 0) is 62.1 Å². The molecule has 6 atom stereocenters. The second-order valence-electron chi connectivity index (χ2n) is 12.7. The minimum atomic E-state index is -1.61. The molecule has 2 heterocycles. The molecule has 17 nitrogen and oxygen atoms in total. The summed E-state index contributed by atoms with van der Waals surface area (Å²) in [7, 11) is 0. The van der Waals surface area contributed by atoms with Crippen molar-refractivity contribution in [2.24, 2.45) is 11.7 Å². The number of phenols is 1. The van der Waals surface area contributed by atoms with E-state index in [0.717, 1.165) is 10.5 Å². The van der Waals surface area contributed by atoms with E-state index in [1.807, 2.05) is 0 Å². The first-order chi connectivity index (χ1) is 23.1. The van der Waals surface area contributed by atoms with Gasteiger partial charge in [0.05, 0.1) is 12.6 Å². The van der Waals surface area contributed by atoms with Gasteiger partial charge in [0.25, 0.3) is 0 Å². The van der Waals surface area contributed by atoms with Crippen molar-refractivity contribution in [3.8, 4) is 5.75 Å². The molecule has 49 heavy (non-hydrogen) atoms. The third kappa shape index (κ3) is 10.4. The molecule has 0 saturated carbocycles. The minimum Gasteiger partial charge on any atom is -0.508 e. The number of carbonyl (C=O) groups excluding carboxylic acids is 5. The van der Waals surface area contributed by atoms with E-state index in [0.29, 0.717) is 19.3 Å². The number of aliphatic hydroxyl groups excluding tert-OH is 1. The summed E-state index contributed by atoms with van der Waals surface area (Å²) in [4.78, 5) is 91.7. The Balaban J connectivity index is 1.66. The Hall–Kier alpha value is -4.77. The first kappa shape index (κ1) is 38.7. The summed E-state index contributed by atoms with van der Waals surface area (Å²) in [5.41, 5.74) is 6.90. The predicted molar refractivity (Wildman–Crippen MR) is 171 cm³/mol. The molecule has 0 aliphatic carbocycles. The molecule has 2 fully saturated rings. The molecule has 2 aliphatic heterocycles. The average Bonchev–Trinajstić information content (AvgIpc) is 3.75.